The van der Waals surface area contributed by atoms with Gasteiger partial charge in [0.05, 0.1) is 12.2 Å². The van der Waals surface area contributed by atoms with Crippen molar-refractivity contribution in [1.82, 2.24) is 4.98 Å². The van der Waals surface area contributed by atoms with Crippen molar-refractivity contribution < 1.29 is 9.53 Å². The molecule has 82 valence electrons. The van der Waals surface area contributed by atoms with Crippen molar-refractivity contribution in [3.63, 3.8) is 0 Å². The van der Waals surface area contributed by atoms with Gasteiger partial charge < -0.3 is 4.74 Å². The van der Waals surface area contributed by atoms with E-state index in [0.717, 1.165) is 6.04 Å². The molecule has 0 fully saturated rings. The first-order valence-electron chi connectivity index (χ1n) is 5.06. The zero-order chi connectivity index (χ0) is 11.3. The van der Waals surface area contributed by atoms with E-state index in [1.807, 2.05) is 0 Å². The van der Waals surface area contributed by atoms with Crippen LogP contribution in [0.3, 0.4) is 0 Å². The highest BCUT2D eigenvalue weighted by Gasteiger charge is 2.14. The molecule has 0 bridgehead atoms. The average Bonchev–Trinajstić information content (AvgIpc) is 2.17. The maximum Gasteiger partial charge on any atom is 0.338 e. The third-order valence-corrected chi connectivity index (χ3v) is 3.71. The molecule has 0 amide bonds. The molecule has 0 aliphatic heterocycles. The number of carbonyl (C=O) groups excluding carboxylic acids is 1. The predicted octanol–water partition coefficient (Wildman–Crippen LogP) is 2.58. The van der Waals surface area contributed by atoms with Crippen molar-refractivity contribution in [1.29, 1.82) is 0 Å². The van der Waals surface area contributed by atoms with Gasteiger partial charge >= 0.3 is 5.97 Å². The zero-order valence-corrected chi connectivity index (χ0v) is 10.5. The topological polar surface area (TPSA) is 39.2 Å². The van der Waals surface area contributed by atoms with E-state index in [-0.39, 0.29) is 5.97 Å². The van der Waals surface area contributed by atoms with Crippen LogP contribution < -0.4 is 0 Å². The zero-order valence-electron chi connectivity index (χ0n) is 9.49. The largest absolute Gasteiger partial charge is 0.462 e. The monoisotopic (exact) mass is 223 g/mol. The molecule has 0 radical (unpaired) electrons. The van der Waals surface area contributed by atoms with Crippen LogP contribution >= 0.6 is 0 Å². The van der Waals surface area contributed by atoms with Gasteiger partial charge in [-0.1, -0.05) is 19.6 Å². The van der Waals surface area contributed by atoms with Gasteiger partial charge in [0.2, 0.25) is 0 Å². The van der Waals surface area contributed by atoms with Crippen molar-refractivity contribution in [2.45, 2.75) is 25.7 Å². The fraction of sp³-hybridized carbons (Fsp3) is 0.455. The van der Waals surface area contributed by atoms with Gasteiger partial charge in [-0.25, -0.2) is 4.79 Å². The summed E-state index contributed by atoms with van der Waals surface area (Å²) in [6, 6.07) is 4.33. The van der Waals surface area contributed by atoms with Crippen LogP contribution in [0.15, 0.2) is 24.5 Å². The van der Waals surface area contributed by atoms with E-state index in [4.69, 9.17) is 4.74 Å². The minimum atomic E-state index is -1.11. The number of hydrogen-bond donors (Lipinski definition) is 0. The summed E-state index contributed by atoms with van der Waals surface area (Å²) in [4.78, 5) is 15.3. The van der Waals surface area contributed by atoms with Crippen LogP contribution in [-0.2, 0) is 4.74 Å². The molecule has 0 atom stereocenters. The quantitative estimate of drug-likeness (QED) is 0.582. The van der Waals surface area contributed by atoms with Crippen molar-refractivity contribution in [2.75, 3.05) is 6.61 Å². The van der Waals surface area contributed by atoms with Gasteiger partial charge in [-0.3, -0.25) is 4.98 Å². The second-order valence-corrected chi connectivity index (χ2v) is 10.3. The molecule has 0 saturated heterocycles. The van der Waals surface area contributed by atoms with Crippen LogP contribution in [0.4, 0.5) is 0 Å². The minimum absolute atomic E-state index is 0.254. The SMILES string of the molecule is C[Si](C)(C)CCOC(=O)c1ccncc1. The van der Waals surface area contributed by atoms with Gasteiger partial charge in [0.25, 0.3) is 0 Å². The molecule has 0 aromatic carbocycles. The summed E-state index contributed by atoms with van der Waals surface area (Å²) in [5.41, 5.74) is 0.570. The van der Waals surface area contributed by atoms with Crippen molar-refractivity contribution in [3.05, 3.63) is 30.1 Å². The normalized spacial score (nSPS) is 11.1. The lowest BCUT2D eigenvalue weighted by atomic mass is 10.3. The van der Waals surface area contributed by atoms with E-state index in [1.54, 1.807) is 24.5 Å². The molecule has 0 N–H and O–H groups in total. The maximum absolute atomic E-state index is 11.5. The number of pyridine rings is 1. The van der Waals surface area contributed by atoms with Gasteiger partial charge in [0, 0.05) is 20.5 Å². The third kappa shape index (κ3) is 4.74. The highest BCUT2D eigenvalue weighted by atomic mass is 28.3. The minimum Gasteiger partial charge on any atom is -0.462 e. The number of carbonyl (C=O) groups is 1. The second-order valence-electron chi connectivity index (χ2n) is 4.68. The molecule has 3 nitrogen and oxygen atoms in total. The van der Waals surface area contributed by atoms with Crippen LogP contribution in [-0.4, -0.2) is 25.6 Å². The van der Waals surface area contributed by atoms with E-state index in [9.17, 15) is 4.79 Å². The summed E-state index contributed by atoms with van der Waals surface area (Å²) >= 11 is 0. The van der Waals surface area contributed by atoms with Crippen LogP contribution in [0.2, 0.25) is 25.7 Å². The molecule has 0 aliphatic rings. The number of rotatable bonds is 4. The summed E-state index contributed by atoms with van der Waals surface area (Å²) in [6.07, 6.45) is 3.18. The second kappa shape index (κ2) is 5.07. The Hall–Kier alpha value is -1.16. The summed E-state index contributed by atoms with van der Waals surface area (Å²) < 4.78 is 5.17. The fourth-order valence-corrected chi connectivity index (χ4v) is 1.74. The average molecular weight is 223 g/mol. The van der Waals surface area contributed by atoms with E-state index >= 15 is 0 Å². The Morgan fingerprint density at radius 2 is 1.93 bits per heavy atom. The molecule has 0 unspecified atom stereocenters. The molecular formula is C11H17NO2Si. The summed E-state index contributed by atoms with van der Waals surface area (Å²) in [6.45, 7) is 7.30. The molecule has 1 aromatic heterocycles. The van der Waals surface area contributed by atoms with Crippen LogP contribution in [0.1, 0.15) is 10.4 Å². The Morgan fingerprint density at radius 3 is 2.47 bits per heavy atom. The van der Waals surface area contributed by atoms with E-state index in [0.29, 0.717) is 12.2 Å². The smallest absolute Gasteiger partial charge is 0.338 e. The lowest BCUT2D eigenvalue weighted by Gasteiger charge is -2.15. The molecule has 0 spiro atoms. The van der Waals surface area contributed by atoms with Crippen LogP contribution in [0.5, 0.6) is 0 Å². The first kappa shape index (κ1) is 11.9. The fourth-order valence-electron chi connectivity index (χ4n) is 1.02. The lowest BCUT2D eigenvalue weighted by molar-refractivity contribution is 0.0525. The maximum atomic E-state index is 11.5. The molecular weight excluding hydrogens is 206 g/mol. The Kier molecular flexibility index (Phi) is 4.02. The van der Waals surface area contributed by atoms with E-state index < -0.39 is 8.07 Å². The first-order chi connectivity index (χ1) is 6.99. The summed E-state index contributed by atoms with van der Waals surface area (Å²) in [5, 5.41) is 0. The van der Waals surface area contributed by atoms with Gasteiger partial charge in [-0.15, -0.1) is 0 Å². The standard InChI is InChI=1S/C11H17NO2Si/c1-15(2,3)9-8-14-11(13)10-4-6-12-7-5-10/h4-7H,8-9H2,1-3H3. The van der Waals surface area contributed by atoms with Gasteiger partial charge in [0.1, 0.15) is 0 Å². The molecule has 0 saturated carbocycles. The number of nitrogens with zero attached hydrogens (tertiary/aromatic N) is 1. The van der Waals surface area contributed by atoms with Crippen LogP contribution in [0.25, 0.3) is 0 Å². The molecule has 15 heavy (non-hydrogen) atoms. The number of ether oxygens (including phenoxy) is 1. The number of aromatic nitrogens is 1. The summed E-state index contributed by atoms with van der Waals surface area (Å²) in [7, 11) is -1.11. The van der Waals surface area contributed by atoms with Gasteiger partial charge in [-0.05, 0) is 18.2 Å². The van der Waals surface area contributed by atoms with E-state index in [1.165, 1.54) is 0 Å². The number of esters is 1. The van der Waals surface area contributed by atoms with Crippen molar-refractivity contribution in [2.24, 2.45) is 0 Å². The Labute approximate surface area is 91.5 Å². The molecule has 1 aromatic rings. The predicted molar refractivity (Wildman–Crippen MR) is 62.7 cm³/mol. The van der Waals surface area contributed by atoms with Gasteiger partial charge in [-0.2, -0.15) is 0 Å². The molecule has 1 rings (SSSR count). The third-order valence-electron chi connectivity index (χ3n) is 2.00. The number of hydrogen-bond acceptors (Lipinski definition) is 3. The molecule has 1 heterocycles. The Balaban J connectivity index is 2.38. The molecule has 0 aliphatic carbocycles. The van der Waals surface area contributed by atoms with Crippen molar-refractivity contribution in [3.8, 4) is 0 Å². The lowest BCUT2D eigenvalue weighted by Crippen LogP contribution is -2.22. The van der Waals surface area contributed by atoms with E-state index in [2.05, 4.69) is 24.6 Å². The van der Waals surface area contributed by atoms with Crippen LogP contribution in [0, 0.1) is 0 Å². The molecule has 4 heteroatoms. The highest BCUT2D eigenvalue weighted by molar-refractivity contribution is 6.76. The van der Waals surface area contributed by atoms with Gasteiger partial charge in [0.15, 0.2) is 0 Å². The Morgan fingerprint density at radius 1 is 1.33 bits per heavy atom. The Bertz CT molecular complexity index is 319. The summed E-state index contributed by atoms with van der Waals surface area (Å²) in [5.74, 6) is -0.254. The highest BCUT2D eigenvalue weighted by Crippen LogP contribution is 2.08. The van der Waals surface area contributed by atoms with Crippen molar-refractivity contribution >= 4 is 14.0 Å². The first-order valence-corrected chi connectivity index (χ1v) is 8.77.